The van der Waals surface area contributed by atoms with Crippen LogP contribution in [0.1, 0.15) is 0 Å². The number of hydrogen-bond acceptors (Lipinski definition) is 10. The van der Waals surface area contributed by atoms with Gasteiger partial charge in [0.05, 0.1) is 6.61 Å². The monoisotopic (exact) mass is 331 g/mol. The zero-order valence-corrected chi connectivity index (χ0v) is 12.5. The van der Waals surface area contributed by atoms with Crippen molar-refractivity contribution in [2.45, 2.75) is 24.5 Å². The molecule has 2 aliphatic rings. The van der Waals surface area contributed by atoms with Crippen molar-refractivity contribution in [3.8, 4) is 0 Å². The topological polar surface area (TPSA) is 148 Å². The van der Waals surface area contributed by atoms with Gasteiger partial charge in [0, 0.05) is 6.26 Å². The van der Waals surface area contributed by atoms with E-state index in [9.17, 15) is 20.1 Å². The Kier molecular flexibility index (Phi) is 3.91. The molecule has 0 aliphatic carbocycles. The summed E-state index contributed by atoms with van der Waals surface area (Å²) in [6, 6.07) is 0. The van der Waals surface area contributed by atoms with Gasteiger partial charge in [0.1, 0.15) is 25.0 Å². The lowest BCUT2D eigenvalue weighted by Gasteiger charge is -2.27. The van der Waals surface area contributed by atoms with E-state index in [1.54, 1.807) is 15.5 Å². The molecular formula is C11H17N5O5S. The summed E-state index contributed by atoms with van der Waals surface area (Å²) in [6.07, 6.45) is -2.50. The first-order valence-corrected chi connectivity index (χ1v) is 7.76. The fourth-order valence-electron chi connectivity index (χ4n) is 2.66. The third kappa shape index (κ3) is 2.21. The van der Waals surface area contributed by atoms with Gasteiger partial charge in [-0.25, -0.2) is 0 Å². The molecule has 0 amide bonds. The second-order valence-corrected chi connectivity index (χ2v) is 5.83. The molecule has 4 atom stereocenters. The largest absolute Gasteiger partial charge is 0.394 e. The lowest BCUT2D eigenvalue weighted by Crippen LogP contribution is -2.45. The van der Waals surface area contributed by atoms with Crippen LogP contribution >= 0.6 is 11.9 Å². The summed E-state index contributed by atoms with van der Waals surface area (Å²) in [6.45, 7) is -0.199. The van der Waals surface area contributed by atoms with Crippen molar-refractivity contribution in [2.24, 2.45) is 0 Å². The van der Waals surface area contributed by atoms with Gasteiger partial charge in [0.2, 0.25) is 5.95 Å². The van der Waals surface area contributed by atoms with E-state index in [1.807, 2.05) is 0 Å². The number of hydrogen-bond donors (Lipinski definition) is 5. The summed E-state index contributed by atoms with van der Waals surface area (Å²) in [5.74, 6) is 0.217. The molecule has 0 unspecified atom stereocenters. The van der Waals surface area contributed by atoms with Gasteiger partial charge < -0.3 is 30.7 Å². The van der Waals surface area contributed by atoms with Gasteiger partial charge in [-0.05, 0) is 0 Å². The van der Waals surface area contributed by atoms with Gasteiger partial charge in [-0.2, -0.15) is 4.98 Å². The summed E-state index contributed by atoms with van der Waals surface area (Å²) < 4.78 is 7.17. The maximum Gasteiger partial charge on any atom is 0.279 e. The molecule has 3 heterocycles. The van der Waals surface area contributed by atoms with Gasteiger partial charge >= 0.3 is 0 Å². The molecule has 0 radical (unpaired) electrons. The Bertz CT molecular complexity index is 627. The van der Waals surface area contributed by atoms with Crippen LogP contribution in [0.4, 0.5) is 17.5 Å². The van der Waals surface area contributed by atoms with E-state index < -0.39 is 36.7 Å². The first-order valence-electron chi connectivity index (χ1n) is 6.58. The van der Waals surface area contributed by atoms with Gasteiger partial charge in [-0.1, -0.05) is 11.9 Å². The highest BCUT2D eigenvalue weighted by Gasteiger charge is 2.48. The first kappa shape index (κ1) is 15.4. The second kappa shape index (κ2) is 5.59. The predicted octanol–water partition coefficient (Wildman–Crippen LogP) is -2.35. The van der Waals surface area contributed by atoms with E-state index in [0.29, 0.717) is 5.69 Å². The van der Waals surface area contributed by atoms with Crippen LogP contribution in [-0.4, -0.2) is 69.4 Å². The molecule has 22 heavy (non-hydrogen) atoms. The van der Waals surface area contributed by atoms with Crippen LogP contribution in [0, 0.1) is 0 Å². The molecule has 1 saturated heterocycles. The Labute approximate surface area is 129 Å². The van der Waals surface area contributed by atoms with Gasteiger partial charge in [0.25, 0.3) is 5.56 Å². The van der Waals surface area contributed by atoms with Crippen molar-refractivity contribution >= 4 is 29.4 Å². The predicted molar refractivity (Wildman–Crippen MR) is 80.4 cm³/mol. The van der Waals surface area contributed by atoms with E-state index in [1.165, 1.54) is 11.9 Å². The number of aromatic amines is 1. The Morgan fingerprint density at radius 3 is 2.82 bits per heavy atom. The molecule has 0 saturated carbocycles. The minimum Gasteiger partial charge on any atom is -0.394 e. The molecule has 1 fully saturated rings. The van der Waals surface area contributed by atoms with Gasteiger partial charge in [-0.3, -0.25) is 14.1 Å². The number of nitrogens with two attached hydrogens (primary N) is 1. The van der Waals surface area contributed by atoms with Gasteiger partial charge in [0.15, 0.2) is 17.7 Å². The van der Waals surface area contributed by atoms with Crippen molar-refractivity contribution in [3.05, 3.63) is 10.4 Å². The standard InChI is InChI=1S/C11H17N5O5S/c1-22-16-3-15(8-5(16)9(20)14-11(12)13-8)10-7(19)6(18)4(2-17)21-10/h4,6-7,10,17-19H,2-3H2,1H3,(H3,12,13,14,20)/t4-,6-,7-,10-/m1/s1. The zero-order valence-electron chi connectivity index (χ0n) is 11.7. The number of aromatic nitrogens is 2. The van der Waals surface area contributed by atoms with Crippen molar-refractivity contribution in [1.29, 1.82) is 0 Å². The van der Waals surface area contributed by atoms with Crippen LogP contribution in [0.5, 0.6) is 0 Å². The third-order valence-corrected chi connectivity index (χ3v) is 4.48. The molecule has 1 aromatic heterocycles. The molecule has 6 N–H and O–H groups in total. The Morgan fingerprint density at radius 1 is 1.50 bits per heavy atom. The highest BCUT2D eigenvalue weighted by atomic mass is 32.2. The number of nitrogens with zero attached hydrogens (tertiary/aromatic N) is 3. The number of rotatable bonds is 3. The highest BCUT2D eigenvalue weighted by Crippen LogP contribution is 2.38. The summed E-state index contributed by atoms with van der Waals surface area (Å²) in [5.41, 5.74) is 5.49. The lowest BCUT2D eigenvalue weighted by atomic mass is 10.1. The molecule has 122 valence electrons. The number of aliphatic hydroxyl groups is 3. The van der Waals surface area contributed by atoms with Crippen molar-refractivity contribution in [2.75, 3.05) is 34.5 Å². The van der Waals surface area contributed by atoms with E-state index in [2.05, 4.69) is 9.97 Å². The van der Waals surface area contributed by atoms with E-state index >= 15 is 0 Å². The first-order chi connectivity index (χ1) is 10.5. The lowest BCUT2D eigenvalue weighted by molar-refractivity contribution is -0.0220. The molecule has 10 nitrogen and oxygen atoms in total. The summed E-state index contributed by atoms with van der Waals surface area (Å²) in [7, 11) is 0. The molecule has 0 spiro atoms. The minimum absolute atomic E-state index is 0.0524. The molecule has 3 rings (SSSR count). The number of nitrogen functional groups attached to an aromatic ring is 1. The quantitative estimate of drug-likeness (QED) is 0.381. The van der Waals surface area contributed by atoms with Gasteiger partial charge in [-0.15, -0.1) is 0 Å². The number of aliphatic hydroxyl groups excluding tert-OH is 3. The fourth-order valence-corrected chi connectivity index (χ4v) is 3.25. The maximum atomic E-state index is 12.1. The maximum absolute atomic E-state index is 12.1. The van der Waals surface area contributed by atoms with E-state index in [-0.39, 0.29) is 18.4 Å². The molecule has 1 aromatic rings. The number of H-pyrrole nitrogens is 1. The summed E-state index contributed by atoms with van der Waals surface area (Å²) in [5, 5.41) is 29.2. The average Bonchev–Trinajstić information content (AvgIpc) is 2.98. The number of nitrogens with one attached hydrogen (secondary N) is 1. The van der Waals surface area contributed by atoms with E-state index in [4.69, 9.17) is 10.5 Å². The van der Waals surface area contributed by atoms with Crippen molar-refractivity contribution in [3.63, 3.8) is 0 Å². The van der Waals surface area contributed by atoms with Crippen LogP contribution in [-0.2, 0) is 4.74 Å². The molecule has 0 bridgehead atoms. The average molecular weight is 331 g/mol. The van der Waals surface area contributed by atoms with Crippen LogP contribution in [0.25, 0.3) is 0 Å². The molecule has 11 heteroatoms. The Balaban J connectivity index is 2.00. The summed E-state index contributed by atoms with van der Waals surface area (Å²) in [4.78, 5) is 20.2. The Morgan fingerprint density at radius 2 is 2.23 bits per heavy atom. The normalized spacial score (nSPS) is 30.9. The van der Waals surface area contributed by atoms with Crippen molar-refractivity contribution < 1.29 is 20.1 Å². The number of anilines is 3. The van der Waals surface area contributed by atoms with Crippen LogP contribution in [0.2, 0.25) is 0 Å². The number of ether oxygens (including phenoxy) is 1. The zero-order chi connectivity index (χ0) is 16.0. The van der Waals surface area contributed by atoms with Crippen molar-refractivity contribution in [1.82, 2.24) is 9.97 Å². The second-order valence-electron chi connectivity index (χ2n) is 5.02. The highest BCUT2D eigenvalue weighted by molar-refractivity contribution is 8.00. The summed E-state index contributed by atoms with van der Waals surface area (Å²) >= 11 is 1.31. The smallest absolute Gasteiger partial charge is 0.279 e. The number of fused-ring (bicyclic) bond motifs is 1. The third-order valence-electron chi connectivity index (χ3n) is 3.74. The Hall–Kier alpha value is -1.53. The SMILES string of the molecule is CSN1CN([C@@H]2O[C@H](CO)[C@@H](O)[C@H]2O)c2nc(N)[nH]c(=O)c21. The molecule has 2 aliphatic heterocycles. The van der Waals surface area contributed by atoms with Crippen LogP contribution in [0.15, 0.2) is 4.79 Å². The van der Waals surface area contributed by atoms with Crippen LogP contribution < -0.4 is 20.5 Å². The fraction of sp³-hybridized carbons (Fsp3) is 0.636. The minimum atomic E-state index is -1.24. The van der Waals surface area contributed by atoms with Crippen LogP contribution in [0.3, 0.4) is 0 Å². The van der Waals surface area contributed by atoms with E-state index in [0.717, 1.165) is 0 Å². The molecule has 0 aromatic carbocycles. The molecular weight excluding hydrogens is 314 g/mol.